The minimum atomic E-state index is -0.893. The van der Waals surface area contributed by atoms with E-state index in [4.69, 9.17) is 0 Å². The van der Waals surface area contributed by atoms with Crippen molar-refractivity contribution in [3.63, 3.8) is 0 Å². The van der Waals surface area contributed by atoms with E-state index in [1.54, 1.807) is 0 Å². The monoisotopic (exact) mass is 638 g/mol. The fraction of sp³-hybridized carbons (Fsp3) is 0.875. The number of carboxylic acid groups (broad SMARTS) is 3. The van der Waals surface area contributed by atoms with Crippen molar-refractivity contribution in [1.82, 2.24) is 0 Å². The van der Waals surface area contributed by atoms with E-state index in [-0.39, 0.29) is 44.0 Å². The normalized spacial score (nSPS) is 12.6. The summed E-state index contributed by atoms with van der Waals surface area (Å²) in [6, 6.07) is 0. The molecule has 0 N–H and O–H groups in total. The Kier molecular flexibility index (Phi) is 33.1. The van der Waals surface area contributed by atoms with Gasteiger partial charge >= 0.3 is 26.2 Å². The average molecular weight is 639 g/mol. The summed E-state index contributed by atoms with van der Waals surface area (Å²) in [5, 5.41) is 31.0. The first-order chi connectivity index (χ1) is 14.2. The van der Waals surface area contributed by atoms with Crippen LogP contribution in [0.4, 0.5) is 0 Å². The van der Waals surface area contributed by atoms with Crippen LogP contribution >= 0.6 is 0 Å². The molecule has 2 radical (unpaired) electrons. The van der Waals surface area contributed by atoms with Crippen molar-refractivity contribution >= 4 is 44.1 Å². The molecule has 0 aromatic heterocycles. The summed E-state index contributed by atoms with van der Waals surface area (Å²) >= 11 is 0. The Hall–Kier alpha value is -0.707. The maximum atomic E-state index is 10.3. The van der Waals surface area contributed by atoms with Crippen LogP contribution in [0.15, 0.2) is 0 Å². The van der Waals surface area contributed by atoms with Gasteiger partial charge < -0.3 is 29.7 Å². The minimum absolute atomic E-state index is 0. The van der Waals surface area contributed by atoms with Crippen LogP contribution in [-0.2, 0) is 14.4 Å². The molecule has 182 valence electrons. The quantitative estimate of drug-likeness (QED) is 0.254. The molecule has 6 nitrogen and oxygen atoms in total. The zero-order valence-electron chi connectivity index (χ0n) is 20.6. The molecule has 0 amide bonds. The Morgan fingerprint density at radius 1 is 0.516 bits per heavy atom. The van der Waals surface area contributed by atoms with Crippen molar-refractivity contribution in [3.8, 4) is 0 Å². The van der Waals surface area contributed by atoms with Crippen LogP contribution in [0.1, 0.15) is 119 Å². The molecule has 3 unspecified atom stereocenters. The largest absolute Gasteiger partial charge is 3.00 e. The number of hydrogen-bond acceptors (Lipinski definition) is 6. The number of hydrogen-bond donors (Lipinski definition) is 0. The van der Waals surface area contributed by atoms with Gasteiger partial charge in [0, 0.05) is 17.9 Å². The Balaban J connectivity index is -0.000000174. The minimum Gasteiger partial charge on any atom is -0.550 e. The molecular formula is C24H45BiO6. The third kappa shape index (κ3) is 25.4. The number of rotatable bonds is 15. The predicted molar refractivity (Wildman–Crippen MR) is 121 cm³/mol. The van der Waals surface area contributed by atoms with Gasteiger partial charge in [-0.15, -0.1) is 0 Å². The molecule has 0 aromatic rings. The molecule has 3 atom stereocenters. The van der Waals surface area contributed by atoms with Gasteiger partial charge in [0.25, 0.3) is 0 Å². The van der Waals surface area contributed by atoms with Crippen molar-refractivity contribution in [2.75, 3.05) is 0 Å². The van der Waals surface area contributed by atoms with Gasteiger partial charge in [-0.3, -0.25) is 0 Å². The first-order valence-corrected chi connectivity index (χ1v) is 11.8. The zero-order chi connectivity index (χ0) is 23.9. The molecule has 0 aromatic carbocycles. The Morgan fingerprint density at radius 2 is 0.710 bits per heavy atom. The smallest absolute Gasteiger partial charge is 0.550 e. The maximum Gasteiger partial charge on any atom is 3.00 e. The van der Waals surface area contributed by atoms with Gasteiger partial charge in [0.1, 0.15) is 0 Å². The number of unbranched alkanes of at least 4 members (excludes halogenated alkanes) is 3. The van der Waals surface area contributed by atoms with Crippen molar-refractivity contribution in [2.24, 2.45) is 17.8 Å². The zero-order valence-corrected chi connectivity index (χ0v) is 24.1. The van der Waals surface area contributed by atoms with Crippen LogP contribution in [0, 0.1) is 17.8 Å². The van der Waals surface area contributed by atoms with Crippen LogP contribution in [0.2, 0.25) is 0 Å². The fourth-order valence-corrected chi connectivity index (χ4v) is 2.82. The van der Waals surface area contributed by atoms with E-state index in [9.17, 15) is 29.7 Å². The summed E-state index contributed by atoms with van der Waals surface area (Å²) in [5.41, 5.74) is 0. The van der Waals surface area contributed by atoms with Crippen LogP contribution in [0.25, 0.3) is 0 Å². The molecule has 31 heavy (non-hydrogen) atoms. The van der Waals surface area contributed by atoms with Crippen LogP contribution in [-0.4, -0.2) is 44.1 Å². The van der Waals surface area contributed by atoms with Gasteiger partial charge in [-0.25, -0.2) is 0 Å². The molecule has 0 aliphatic rings. The van der Waals surface area contributed by atoms with E-state index in [1.165, 1.54) is 0 Å². The van der Waals surface area contributed by atoms with E-state index < -0.39 is 17.9 Å². The molecule has 0 aliphatic heterocycles. The Bertz CT molecular complexity index is 366. The molecule has 0 fully saturated rings. The fourth-order valence-electron chi connectivity index (χ4n) is 2.82. The van der Waals surface area contributed by atoms with E-state index in [0.29, 0.717) is 19.3 Å². The molecule has 0 aliphatic carbocycles. The second-order valence-electron chi connectivity index (χ2n) is 7.70. The SMILES string of the molecule is CCCCC(CC)C(=O)[O-].CCCCC(CC)C(=O)[O-].CCCCC(CC)C(=O)[O-].[Bi+3]. The second kappa shape index (κ2) is 27.3. The van der Waals surface area contributed by atoms with Crippen molar-refractivity contribution in [3.05, 3.63) is 0 Å². The average Bonchev–Trinajstić information content (AvgIpc) is 2.70. The third-order valence-corrected chi connectivity index (χ3v) is 5.20. The van der Waals surface area contributed by atoms with Crippen LogP contribution in [0.3, 0.4) is 0 Å². The van der Waals surface area contributed by atoms with Crippen LogP contribution in [0.5, 0.6) is 0 Å². The Morgan fingerprint density at radius 3 is 0.806 bits per heavy atom. The van der Waals surface area contributed by atoms with Gasteiger partial charge in [0.15, 0.2) is 0 Å². The van der Waals surface area contributed by atoms with E-state index in [1.807, 2.05) is 20.8 Å². The first-order valence-electron chi connectivity index (χ1n) is 11.8. The summed E-state index contributed by atoms with van der Waals surface area (Å²) in [6.07, 6.45) is 10.6. The van der Waals surface area contributed by atoms with Gasteiger partial charge in [0.05, 0.1) is 0 Å². The molecule has 0 saturated carbocycles. The van der Waals surface area contributed by atoms with Crippen molar-refractivity contribution in [1.29, 1.82) is 0 Å². The molecule has 0 rings (SSSR count). The number of carbonyl (C=O) groups is 3. The number of aliphatic carboxylic acids is 3. The van der Waals surface area contributed by atoms with Crippen molar-refractivity contribution < 1.29 is 29.7 Å². The summed E-state index contributed by atoms with van der Waals surface area (Å²) in [6.45, 7) is 11.8. The van der Waals surface area contributed by atoms with Crippen molar-refractivity contribution in [2.45, 2.75) is 119 Å². The maximum absolute atomic E-state index is 10.3. The van der Waals surface area contributed by atoms with E-state index in [0.717, 1.165) is 57.8 Å². The third-order valence-electron chi connectivity index (χ3n) is 5.20. The topological polar surface area (TPSA) is 120 Å². The summed E-state index contributed by atoms with van der Waals surface area (Å²) in [4.78, 5) is 31.0. The summed E-state index contributed by atoms with van der Waals surface area (Å²) < 4.78 is 0. The molecule has 0 saturated heterocycles. The Labute approximate surface area is 209 Å². The molecule has 7 heteroatoms. The van der Waals surface area contributed by atoms with E-state index in [2.05, 4.69) is 20.8 Å². The summed E-state index contributed by atoms with van der Waals surface area (Å²) in [5.74, 6) is -3.34. The summed E-state index contributed by atoms with van der Waals surface area (Å²) in [7, 11) is 0. The van der Waals surface area contributed by atoms with Gasteiger partial charge in [-0.1, -0.05) is 80.1 Å². The van der Waals surface area contributed by atoms with Gasteiger partial charge in [0.2, 0.25) is 0 Å². The van der Waals surface area contributed by atoms with Crippen LogP contribution < -0.4 is 15.3 Å². The second-order valence-corrected chi connectivity index (χ2v) is 7.70. The molecule has 0 bridgehead atoms. The standard InChI is InChI=1S/3C8H16O2.Bi/c3*1-3-5-6-7(4-2)8(9)10;/h3*7H,3-6H2,1-2H3,(H,9,10);/q;;;+3/p-3. The molecular weight excluding hydrogens is 593 g/mol. The molecule has 0 spiro atoms. The first kappa shape index (κ1) is 37.6. The number of carboxylic acids is 3. The molecule has 0 heterocycles. The number of carbonyl (C=O) groups excluding carboxylic acids is 3. The van der Waals surface area contributed by atoms with Gasteiger partial charge in [-0.05, 0) is 56.3 Å². The predicted octanol–water partition coefficient (Wildman–Crippen LogP) is 2.48. The van der Waals surface area contributed by atoms with E-state index >= 15 is 0 Å². The van der Waals surface area contributed by atoms with Gasteiger partial charge in [-0.2, -0.15) is 0 Å².